The maximum Gasteiger partial charge on any atom is 0.237 e. The van der Waals surface area contributed by atoms with Gasteiger partial charge in [-0.25, -0.2) is 0 Å². The predicted octanol–water partition coefficient (Wildman–Crippen LogP) is -0.0468. The third kappa shape index (κ3) is 3.54. The third-order valence-corrected chi connectivity index (χ3v) is 3.33. The van der Waals surface area contributed by atoms with E-state index in [1.807, 2.05) is 12.1 Å². The van der Waals surface area contributed by atoms with E-state index in [2.05, 4.69) is 28.1 Å². The minimum atomic E-state index is -0.209. The zero-order valence-electron chi connectivity index (χ0n) is 11.0. The van der Waals surface area contributed by atoms with Gasteiger partial charge in [-0.15, -0.1) is 0 Å². The van der Waals surface area contributed by atoms with Crippen LogP contribution in [-0.2, 0) is 22.6 Å². The molecule has 0 aliphatic carbocycles. The van der Waals surface area contributed by atoms with Gasteiger partial charge in [0.25, 0.3) is 0 Å². The molecule has 102 valence electrons. The van der Waals surface area contributed by atoms with Crippen LogP contribution in [0.25, 0.3) is 0 Å². The van der Waals surface area contributed by atoms with Gasteiger partial charge >= 0.3 is 0 Å². The van der Waals surface area contributed by atoms with Crippen LogP contribution in [0, 0.1) is 0 Å². The first-order valence-corrected chi connectivity index (χ1v) is 6.49. The van der Waals surface area contributed by atoms with Crippen LogP contribution in [0.3, 0.4) is 0 Å². The SMILES string of the molecule is CNC(=O)CCNC(=O)[C@H]1Cc2ccccc2CN1. The van der Waals surface area contributed by atoms with Crippen molar-refractivity contribution in [2.45, 2.75) is 25.4 Å². The Morgan fingerprint density at radius 1 is 1.32 bits per heavy atom. The van der Waals surface area contributed by atoms with Gasteiger partial charge in [-0.05, 0) is 17.5 Å². The Hall–Kier alpha value is -1.88. The first kappa shape index (κ1) is 13.5. The van der Waals surface area contributed by atoms with Gasteiger partial charge in [0.15, 0.2) is 0 Å². The maximum absolute atomic E-state index is 12.0. The molecule has 0 spiro atoms. The van der Waals surface area contributed by atoms with Gasteiger partial charge < -0.3 is 16.0 Å². The average molecular weight is 261 g/mol. The molecular formula is C14H19N3O2. The number of carbonyl (C=O) groups is 2. The summed E-state index contributed by atoms with van der Waals surface area (Å²) in [6, 6.07) is 7.91. The normalized spacial score (nSPS) is 17.4. The predicted molar refractivity (Wildman–Crippen MR) is 72.5 cm³/mol. The largest absolute Gasteiger partial charge is 0.359 e. The van der Waals surface area contributed by atoms with Gasteiger partial charge in [0.2, 0.25) is 11.8 Å². The van der Waals surface area contributed by atoms with Gasteiger partial charge in [0.1, 0.15) is 0 Å². The second-order valence-corrected chi connectivity index (χ2v) is 4.62. The topological polar surface area (TPSA) is 70.2 Å². The van der Waals surface area contributed by atoms with Crippen molar-refractivity contribution in [2.24, 2.45) is 0 Å². The molecule has 2 rings (SSSR count). The van der Waals surface area contributed by atoms with Crippen molar-refractivity contribution in [3.05, 3.63) is 35.4 Å². The average Bonchev–Trinajstić information content (AvgIpc) is 2.46. The molecular weight excluding hydrogens is 242 g/mol. The number of fused-ring (bicyclic) bond motifs is 1. The first-order valence-electron chi connectivity index (χ1n) is 6.49. The number of hydrogen-bond acceptors (Lipinski definition) is 3. The molecule has 0 radical (unpaired) electrons. The van der Waals surface area contributed by atoms with E-state index in [9.17, 15) is 9.59 Å². The zero-order chi connectivity index (χ0) is 13.7. The van der Waals surface area contributed by atoms with Crippen molar-refractivity contribution in [1.82, 2.24) is 16.0 Å². The van der Waals surface area contributed by atoms with Crippen LogP contribution in [0.1, 0.15) is 17.5 Å². The molecule has 5 heteroatoms. The number of amides is 2. The van der Waals surface area contributed by atoms with Crippen molar-refractivity contribution in [1.29, 1.82) is 0 Å². The van der Waals surface area contributed by atoms with Crippen LogP contribution in [0.15, 0.2) is 24.3 Å². The molecule has 2 amide bonds. The molecule has 1 aliphatic rings. The molecule has 1 aromatic rings. The van der Waals surface area contributed by atoms with E-state index in [-0.39, 0.29) is 17.9 Å². The minimum absolute atomic E-state index is 0.0431. The Labute approximate surface area is 112 Å². The minimum Gasteiger partial charge on any atom is -0.359 e. The van der Waals surface area contributed by atoms with Crippen molar-refractivity contribution < 1.29 is 9.59 Å². The van der Waals surface area contributed by atoms with E-state index < -0.39 is 0 Å². The molecule has 0 fully saturated rings. The van der Waals surface area contributed by atoms with Gasteiger partial charge in [-0.2, -0.15) is 0 Å². The summed E-state index contributed by atoms with van der Waals surface area (Å²) in [6.45, 7) is 1.09. The van der Waals surface area contributed by atoms with E-state index >= 15 is 0 Å². The molecule has 0 unspecified atom stereocenters. The number of rotatable bonds is 4. The molecule has 1 aromatic carbocycles. The molecule has 19 heavy (non-hydrogen) atoms. The summed E-state index contributed by atoms with van der Waals surface area (Å²) in [4.78, 5) is 23.0. The van der Waals surface area contributed by atoms with Crippen LogP contribution in [0.4, 0.5) is 0 Å². The molecule has 1 heterocycles. The molecule has 1 atom stereocenters. The van der Waals surface area contributed by atoms with Crippen LogP contribution in [0.2, 0.25) is 0 Å². The summed E-state index contributed by atoms with van der Waals surface area (Å²) >= 11 is 0. The number of nitrogens with one attached hydrogen (secondary N) is 3. The first-order chi connectivity index (χ1) is 9.20. The molecule has 0 bridgehead atoms. The van der Waals surface area contributed by atoms with Gasteiger partial charge in [0, 0.05) is 26.6 Å². The van der Waals surface area contributed by atoms with Crippen LogP contribution in [0.5, 0.6) is 0 Å². The highest BCUT2D eigenvalue weighted by Crippen LogP contribution is 2.16. The van der Waals surface area contributed by atoms with Crippen LogP contribution in [-0.4, -0.2) is 31.4 Å². The number of hydrogen-bond donors (Lipinski definition) is 3. The van der Waals surface area contributed by atoms with E-state index in [0.29, 0.717) is 25.9 Å². The fourth-order valence-corrected chi connectivity index (χ4v) is 2.19. The summed E-state index contributed by atoms with van der Waals surface area (Å²) in [5.41, 5.74) is 2.46. The highest BCUT2D eigenvalue weighted by molar-refractivity contribution is 5.83. The van der Waals surface area contributed by atoms with Gasteiger partial charge in [-0.3, -0.25) is 9.59 Å². The fraction of sp³-hybridized carbons (Fsp3) is 0.429. The van der Waals surface area contributed by atoms with Crippen molar-refractivity contribution >= 4 is 11.8 Å². The number of benzene rings is 1. The molecule has 0 saturated carbocycles. The fourth-order valence-electron chi connectivity index (χ4n) is 2.19. The lowest BCUT2D eigenvalue weighted by Gasteiger charge is -2.25. The summed E-state index contributed by atoms with van der Waals surface area (Å²) in [5, 5.41) is 8.53. The summed E-state index contributed by atoms with van der Waals surface area (Å²) in [7, 11) is 1.59. The Balaban J connectivity index is 1.83. The summed E-state index contributed by atoms with van der Waals surface area (Å²) in [6.07, 6.45) is 1.01. The van der Waals surface area contributed by atoms with E-state index in [1.54, 1.807) is 7.05 Å². The monoisotopic (exact) mass is 261 g/mol. The van der Waals surface area contributed by atoms with E-state index in [1.165, 1.54) is 11.1 Å². The van der Waals surface area contributed by atoms with Crippen molar-refractivity contribution in [3.8, 4) is 0 Å². The quantitative estimate of drug-likeness (QED) is 0.712. The summed E-state index contributed by atoms with van der Waals surface area (Å²) in [5.74, 6) is -0.111. The Morgan fingerprint density at radius 3 is 2.79 bits per heavy atom. The van der Waals surface area contributed by atoms with Crippen molar-refractivity contribution in [2.75, 3.05) is 13.6 Å². The second-order valence-electron chi connectivity index (χ2n) is 4.62. The molecule has 3 N–H and O–H groups in total. The van der Waals surface area contributed by atoms with Crippen LogP contribution >= 0.6 is 0 Å². The maximum atomic E-state index is 12.0. The Bertz CT molecular complexity index is 474. The van der Waals surface area contributed by atoms with Crippen molar-refractivity contribution in [3.63, 3.8) is 0 Å². The highest BCUT2D eigenvalue weighted by Gasteiger charge is 2.23. The molecule has 0 aromatic heterocycles. The Kier molecular flexibility index (Phi) is 4.52. The third-order valence-electron chi connectivity index (χ3n) is 3.33. The zero-order valence-corrected chi connectivity index (χ0v) is 11.0. The smallest absolute Gasteiger partial charge is 0.237 e. The summed E-state index contributed by atoms with van der Waals surface area (Å²) < 4.78 is 0. The lowest BCUT2D eigenvalue weighted by atomic mass is 9.95. The van der Waals surface area contributed by atoms with E-state index in [0.717, 1.165) is 0 Å². The standard InChI is InChI=1S/C14H19N3O2/c1-15-13(18)6-7-16-14(19)12-8-10-4-2-3-5-11(10)9-17-12/h2-5,12,17H,6-9H2,1H3,(H,15,18)(H,16,19)/t12-/m1/s1. The molecule has 0 saturated heterocycles. The van der Waals surface area contributed by atoms with Gasteiger partial charge in [0.05, 0.1) is 6.04 Å². The van der Waals surface area contributed by atoms with Crippen LogP contribution < -0.4 is 16.0 Å². The lowest BCUT2D eigenvalue weighted by Crippen LogP contribution is -2.48. The number of carbonyl (C=O) groups excluding carboxylic acids is 2. The van der Waals surface area contributed by atoms with E-state index in [4.69, 9.17) is 0 Å². The second kappa shape index (κ2) is 6.33. The molecule has 5 nitrogen and oxygen atoms in total. The lowest BCUT2D eigenvalue weighted by molar-refractivity contribution is -0.123. The highest BCUT2D eigenvalue weighted by atomic mass is 16.2. The Morgan fingerprint density at radius 2 is 2.05 bits per heavy atom. The molecule has 1 aliphatic heterocycles. The van der Waals surface area contributed by atoms with Gasteiger partial charge in [-0.1, -0.05) is 24.3 Å².